The zero-order chi connectivity index (χ0) is 16.7. The lowest BCUT2D eigenvalue weighted by atomic mass is 9.83. The van der Waals surface area contributed by atoms with Crippen molar-refractivity contribution in [2.75, 3.05) is 11.6 Å². The Bertz CT molecular complexity index is 633. The molecule has 120 valence electrons. The first-order chi connectivity index (χ1) is 10.0. The topological polar surface area (TPSA) is 32.3 Å². The zero-order valence-corrected chi connectivity index (χ0v) is 13.0. The van der Waals surface area contributed by atoms with Gasteiger partial charge >= 0.3 is 6.18 Å². The first kappa shape index (κ1) is 16.5. The highest BCUT2D eigenvalue weighted by Gasteiger charge is 2.45. The van der Waals surface area contributed by atoms with Gasteiger partial charge in [-0.1, -0.05) is 26.0 Å². The smallest absolute Gasteiger partial charge is 0.294 e. The van der Waals surface area contributed by atoms with Gasteiger partial charge in [0.25, 0.3) is 0 Å². The van der Waals surface area contributed by atoms with Crippen molar-refractivity contribution in [3.8, 4) is 0 Å². The van der Waals surface area contributed by atoms with Crippen molar-refractivity contribution in [3.63, 3.8) is 0 Å². The number of rotatable bonds is 2. The minimum absolute atomic E-state index is 0.129. The van der Waals surface area contributed by atoms with Crippen LogP contribution in [-0.4, -0.2) is 18.5 Å². The van der Waals surface area contributed by atoms with Crippen LogP contribution in [0, 0.1) is 12.3 Å². The highest BCUT2D eigenvalue weighted by atomic mass is 19.4. The summed E-state index contributed by atoms with van der Waals surface area (Å²) in [6.07, 6.45) is -3.37. The molecule has 0 saturated carbocycles. The number of benzene rings is 1. The van der Waals surface area contributed by atoms with E-state index in [0.29, 0.717) is 11.3 Å². The van der Waals surface area contributed by atoms with Crippen molar-refractivity contribution in [2.45, 2.75) is 33.9 Å². The third-order valence-corrected chi connectivity index (χ3v) is 3.85. The zero-order valence-electron chi connectivity index (χ0n) is 13.0. The molecule has 3 nitrogen and oxygen atoms in total. The fraction of sp³-hybridized carbons (Fsp3) is 0.438. The lowest BCUT2D eigenvalue weighted by Crippen LogP contribution is -2.49. The third kappa shape index (κ3) is 3.02. The molecule has 0 atom stereocenters. The van der Waals surface area contributed by atoms with E-state index in [-0.39, 0.29) is 12.3 Å². The van der Waals surface area contributed by atoms with Gasteiger partial charge in [0.1, 0.15) is 0 Å². The van der Waals surface area contributed by atoms with Gasteiger partial charge in [0, 0.05) is 23.7 Å². The predicted molar refractivity (Wildman–Crippen MR) is 79.6 cm³/mol. The van der Waals surface area contributed by atoms with Crippen LogP contribution in [0.25, 0.3) is 0 Å². The molecule has 0 unspecified atom stereocenters. The molecule has 0 aliphatic carbocycles. The van der Waals surface area contributed by atoms with Gasteiger partial charge in [-0.3, -0.25) is 9.80 Å². The van der Waals surface area contributed by atoms with E-state index >= 15 is 0 Å². The van der Waals surface area contributed by atoms with Crippen LogP contribution in [0.15, 0.2) is 30.0 Å². The second kappa shape index (κ2) is 5.43. The molecule has 1 N–H and O–H groups in total. The van der Waals surface area contributed by atoms with E-state index < -0.39 is 17.2 Å². The van der Waals surface area contributed by atoms with Crippen LogP contribution in [0.2, 0.25) is 0 Å². The number of nitrogens with zero attached hydrogens (tertiary/aromatic N) is 1. The van der Waals surface area contributed by atoms with Crippen molar-refractivity contribution in [1.82, 2.24) is 5.43 Å². The molecule has 22 heavy (non-hydrogen) atoms. The summed E-state index contributed by atoms with van der Waals surface area (Å²) in [7, 11) is 0. The average molecular weight is 312 g/mol. The fourth-order valence-electron chi connectivity index (χ4n) is 2.65. The fourth-order valence-corrected chi connectivity index (χ4v) is 2.65. The van der Waals surface area contributed by atoms with Crippen LogP contribution < -0.4 is 10.4 Å². The van der Waals surface area contributed by atoms with Crippen LogP contribution in [-0.2, 0) is 0 Å². The Morgan fingerprint density at radius 1 is 1.32 bits per heavy atom. The van der Waals surface area contributed by atoms with Crippen LogP contribution in [0.5, 0.6) is 0 Å². The van der Waals surface area contributed by atoms with Gasteiger partial charge in [-0.15, -0.1) is 0 Å². The van der Waals surface area contributed by atoms with Gasteiger partial charge < -0.3 is 0 Å². The van der Waals surface area contributed by atoms with Gasteiger partial charge in [-0.25, -0.2) is 5.43 Å². The Balaban J connectivity index is 2.56. The van der Waals surface area contributed by atoms with Gasteiger partial charge in [0.15, 0.2) is 5.78 Å². The molecule has 0 radical (unpaired) electrons. The van der Waals surface area contributed by atoms with Gasteiger partial charge in [0.05, 0.1) is 11.3 Å². The molecule has 1 aliphatic rings. The summed E-state index contributed by atoms with van der Waals surface area (Å²) < 4.78 is 39.8. The van der Waals surface area contributed by atoms with Crippen molar-refractivity contribution < 1.29 is 18.0 Å². The molecule has 0 amide bonds. The normalized spacial score (nSPS) is 18.1. The number of carbonyl (C=O) groups excluding carboxylic acids is 1. The van der Waals surface area contributed by atoms with E-state index in [2.05, 4.69) is 5.43 Å². The Morgan fingerprint density at radius 2 is 1.95 bits per heavy atom. The monoisotopic (exact) mass is 312 g/mol. The van der Waals surface area contributed by atoms with Crippen LogP contribution in [0.3, 0.4) is 0 Å². The van der Waals surface area contributed by atoms with Crippen molar-refractivity contribution in [2.24, 2.45) is 5.41 Å². The SMILES string of the molecule is CC(=O)c1c(C)cccc1N1C=C(C(F)(F)F)C(C)(C)CN1. The number of aryl methyl sites for hydroxylation is 1. The van der Waals surface area contributed by atoms with E-state index in [9.17, 15) is 18.0 Å². The quantitative estimate of drug-likeness (QED) is 0.838. The number of nitrogens with one attached hydrogen (secondary N) is 1. The second-order valence-electron chi connectivity index (χ2n) is 6.15. The number of carbonyl (C=O) groups is 1. The minimum atomic E-state index is -4.41. The van der Waals surface area contributed by atoms with Gasteiger partial charge in [-0.2, -0.15) is 13.2 Å². The summed E-state index contributed by atoms with van der Waals surface area (Å²) >= 11 is 0. The first-order valence-corrected chi connectivity index (χ1v) is 6.97. The number of hydrogen-bond acceptors (Lipinski definition) is 3. The molecule has 0 saturated heterocycles. The standard InChI is InChI=1S/C16H19F3N2O/c1-10-6-5-7-12(14(10)11(2)22)21-8-13(16(17,18)19)15(3,4)9-20-21/h5-8,20H,9H2,1-4H3. The number of Topliss-reactive ketones (excluding diaryl/α,β-unsaturated/α-hetero) is 1. The Morgan fingerprint density at radius 3 is 2.50 bits per heavy atom. The molecule has 1 aromatic rings. The molecule has 1 aliphatic heterocycles. The molecule has 0 fully saturated rings. The second-order valence-corrected chi connectivity index (χ2v) is 6.15. The molecule has 0 aromatic heterocycles. The van der Waals surface area contributed by atoms with Gasteiger partial charge in [0.2, 0.25) is 0 Å². The van der Waals surface area contributed by atoms with Crippen LogP contribution in [0.4, 0.5) is 18.9 Å². The predicted octanol–water partition coefficient (Wildman–Crippen LogP) is 3.99. The molecule has 6 heteroatoms. The van der Waals surface area contributed by atoms with Crippen LogP contribution >= 0.6 is 0 Å². The number of ketones is 1. The van der Waals surface area contributed by atoms with Gasteiger partial charge in [-0.05, 0) is 25.5 Å². The summed E-state index contributed by atoms with van der Waals surface area (Å²) in [6.45, 7) is 6.39. The summed E-state index contributed by atoms with van der Waals surface area (Å²) in [5.74, 6) is -0.179. The molecular weight excluding hydrogens is 293 g/mol. The minimum Gasteiger partial charge on any atom is -0.294 e. The first-order valence-electron chi connectivity index (χ1n) is 6.97. The summed E-state index contributed by atoms with van der Waals surface area (Å²) in [5.41, 5.74) is 2.90. The van der Waals surface area contributed by atoms with Crippen LogP contribution in [0.1, 0.15) is 36.7 Å². The molecular formula is C16H19F3N2O. The van der Waals surface area contributed by atoms with Crippen molar-refractivity contribution in [3.05, 3.63) is 41.1 Å². The maximum atomic E-state index is 13.3. The lowest BCUT2D eigenvalue weighted by Gasteiger charge is -2.39. The maximum Gasteiger partial charge on any atom is 0.414 e. The van der Waals surface area contributed by atoms with E-state index in [4.69, 9.17) is 0 Å². The largest absolute Gasteiger partial charge is 0.414 e. The van der Waals surface area contributed by atoms with Crippen molar-refractivity contribution in [1.29, 1.82) is 0 Å². The number of hydrazine groups is 1. The number of hydrogen-bond donors (Lipinski definition) is 1. The summed E-state index contributed by atoms with van der Waals surface area (Å²) in [6, 6.07) is 5.13. The highest BCUT2D eigenvalue weighted by molar-refractivity contribution is 6.01. The highest BCUT2D eigenvalue weighted by Crippen LogP contribution is 2.41. The van der Waals surface area contributed by atoms with Crippen molar-refractivity contribution >= 4 is 11.5 Å². The summed E-state index contributed by atoms with van der Waals surface area (Å²) in [5, 5.41) is 1.30. The molecule has 2 rings (SSSR count). The maximum absolute atomic E-state index is 13.3. The number of halogens is 3. The van der Waals surface area contributed by atoms with E-state index in [1.165, 1.54) is 11.9 Å². The van der Waals surface area contributed by atoms with E-state index in [0.717, 1.165) is 11.8 Å². The van der Waals surface area contributed by atoms with E-state index in [1.807, 2.05) is 0 Å². The Kier molecular flexibility index (Phi) is 4.08. The third-order valence-electron chi connectivity index (χ3n) is 3.85. The number of anilines is 1. The molecule has 0 spiro atoms. The lowest BCUT2D eigenvalue weighted by molar-refractivity contribution is -0.106. The Hall–Kier alpha value is -1.82. The number of alkyl halides is 3. The molecule has 1 heterocycles. The molecule has 0 bridgehead atoms. The molecule has 1 aromatic carbocycles. The van der Waals surface area contributed by atoms with E-state index in [1.54, 1.807) is 39.0 Å². The summed E-state index contributed by atoms with van der Waals surface area (Å²) in [4.78, 5) is 11.8. The Labute approximate surface area is 127 Å². The average Bonchev–Trinajstić information content (AvgIpc) is 2.36.